The Morgan fingerprint density at radius 2 is 1.70 bits per heavy atom. The molecule has 1 saturated carbocycles. The smallest absolute Gasteiger partial charge is 0.253 e. The second-order valence-electron chi connectivity index (χ2n) is 12.6. The zero-order valence-corrected chi connectivity index (χ0v) is 27.3. The van der Waals surface area contributed by atoms with Crippen molar-refractivity contribution in [1.29, 1.82) is 0 Å². The highest BCUT2D eigenvalue weighted by molar-refractivity contribution is 5.99. The van der Waals surface area contributed by atoms with Gasteiger partial charge < -0.3 is 30.3 Å². The number of anilines is 2. The number of benzene rings is 1. The van der Waals surface area contributed by atoms with Gasteiger partial charge >= 0.3 is 0 Å². The molecule has 3 aromatic rings. The fourth-order valence-corrected chi connectivity index (χ4v) is 6.91. The number of aromatic amines is 1. The Morgan fingerprint density at radius 1 is 1.00 bits per heavy atom. The molecule has 0 atom stereocenters. The van der Waals surface area contributed by atoms with Crippen molar-refractivity contribution in [1.82, 2.24) is 25.5 Å². The van der Waals surface area contributed by atoms with Gasteiger partial charge in [-0.15, -0.1) is 0 Å². The molecule has 0 radical (unpaired) electrons. The van der Waals surface area contributed by atoms with Crippen LogP contribution in [0.1, 0.15) is 65.3 Å². The van der Waals surface area contributed by atoms with Crippen LogP contribution in [-0.4, -0.2) is 79.7 Å². The number of nitrogens with zero attached hydrogens (tertiary/aromatic N) is 4. The minimum atomic E-state index is -0.178. The van der Waals surface area contributed by atoms with E-state index in [1.807, 2.05) is 32.2 Å². The first-order chi connectivity index (χ1) is 21.2. The summed E-state index contributed by atoms with van der Waals surface area (Å²) in [6.07, 6.45) is 6.52. The van der Waals surface area contributed by atoms with Gasteiger partial charge in [-0.25, -0.2) is 4.98 Å². The second kappa shape index (κ2) is 13.9. The Labute approximate surface area is 262 Å². The van der Waals surface area contributed by atoms with Crippen LogP contribution in [0.3, 0.4) is 0 Å². The summed E-state index contributed by atoms with van der Waals surface area (Å²) >= 11 is 0. The molecule has 0 unspecified atom stereocenters. The minimum absolute atomic E-state index is 0.157. The first-order valence-corrected chi connectivity index (χ1v) is 16.1. The van der Waals surface area contributed by atoms with Crippen LogP contribution in [0.2, 0.25) is 0 Å². The molecule has 9 nitrogen and oxygen atoms in total. The third-order valence-corrected chi connectivity index (χ3v) is 9.55. The molecular formula is C35H49N7O2. The maximum absolute atomic E-state index is 13.9. The van der Waals surface area contributed by atoms with E-state index >= 15 is 0 Å². The molecule has 1 aromatic carbocycles. The summed E-state index contributed by atoms with van der Waals surface area (Å²) in [4.78, 5) is 41.3. The average molecular weight is 600 g/mol. The van der Waals surface area contributed by atoms with Crippen LogP contribution >= 0.6 is 0 Å². The van der Waals surface area contributed by atoms with Crippen molar-refractivity contribution in [3.05, 3.63) is 74.8 Å². The van der Waals surface area contributed by atoms with Crippen molar-refractivity contribution in [3.8, 4) is 11.1 Å². The van der Waals surface area contributed by atoms with Crippen LogP contribution in [-0.2, 0) is 6.54 Å². The molecule has 5 rings (SSSR count). The predicted octanol–water partition coefficient (Wildman–Crippen LogP) is 4.40. The van der Waals surface area contributed by atoms with Crippen molar-refractivity contribution in [2.45, 2.75) is 72.0 Å². The highest BCUT2D eigenvalue weighted by Gasteiger charge is 2.28. The minimum Gasteiger partial charge on any atom is -0.369 e. The number of carbonyl (C=O) groups is 1. The van der Waals surface area contributed by atoms with Gasteiger partial charge in [-0.1, -0.05) is 0 Å². The van der Waals surface area contributed by atoms with E-state index in [1.54, 1.807) is 0 Å². The van der Waals surface area contributed by atoms with Crippen LogP contribution < -0.4 is 26.0 Å². The van der Waals surface area contributed by atoms with Crippen LogP contribution in [0.15, 0.2) is 41.3 Å². The monoisotopic (exact) mass is 599 g/mol. The van der Waals surface area contributed by atoms with Crippen LogP contribution in [0, 0.1) is 20.8 Å². The molecule has 1 saturated heterocycles. The average Bonchev–Trinajstić information content (AvgIpc) is 3.02. The van der Waals surface area contributed by atoms with E-state index in [1.165, 1.54) is 12.8 Å². The van der Waals surface area contributed by atoms with E-state index in [0.29, 0.717) is 23.2 Å². The molecular weight excluding hydrogens is 550 g/mol. The molecule has 9 heteroatoms. The zero-order valence-electron chi connectivity index (χ0n) is 27.3. The lowest BCUT2D eigenvalue weighted by Crippen LogP contribution is -2.43. The Balaban J connectivity index is 1.48. The largest absolute Gasteiger partial charge is 0.369 e. The Kier molecular flexibility index (Phi) is 10.1. The number of aryl methyl sites for hydroxylation is 2. The van der Waals surface area contributed by atoms with Crippen molar-refractivity contribution in [2.24, 2.45) is 0 Å². The predicted molar refractivity (Wildman–Crippen MR) is 180 cm³/mol. The van der Waals surface area contributed by atoms with Crippen LogP contribution in [0.5, 0.6) is 0 Å². The third kappa shape index (κ3) is 7.00. The number of H-pyrrole nitrogens is 1. The topological polar surface area (TPSA) is 96.6 Å². The van der Waals surface area contributed by atoms with Gasteiger partial charge in [-0.3, -0.25) is 9.59 Å². The summed E-state index contributed by atoms with van der Waals surface area (Å²) in [6.45, 7) is 12.9. The van der Waals surface area contributed by atoms with E-state index in [0.717, 1.165) is 85.0 Å². The lowest BCUT2D eigenvalue weighted by Gasteiger charge is -2.40. The molecule has 3 N–H and O–H groups in total. The molecule has 1 aliphatic carbocycles. The normalized spacial score (nSPS) is 18.8. The second-order valence-corrected chi connectivity index (χ2v) is 12.6. The summed E-state index contributed by atoms with van der Waals surface area (Å²) in [5, 5.41) is 6.46. The highest BCUT2D eigenvalue weighted by atomic mass is 16.1. The molecule has 2 aliphatic rings. The molecule has 1 amide bonds. The van der Waals surface area contributed by atoms with Gasteiger partial charge in [0.1, 0.15) is 5.82 Å². The summed E-state index contributed by atoms with van der Waals surface area (Å²) in [5.74, 6) is 0.801. The van der Waals surface area contributed by atoms with Crippen molar-refractivity contribution in [3.63, 3.8) is 0 Å². The number of nitrogens with one attached hydrogen (secondary N) is 3. The van der Waals surface area contributed by atoms with E-state index in [4.69, 9.17) is 4.98 Å². The number of hydrogen-bond acceptors (Lipinski definition) is 7. The first kappa shape index (κ1) is 31.7. The molecule has 236 valence electrons. The quantitative estimate of drug-likeness (QED) is 0.336. The lowest BCUT2D eigenvalue weighted by molar-refractivity contribution is 0.0950. The van der Waals surface area contributed by atoms with Crippen molar-refractivity contribution >= 4 is 17.4 Å². The Bertz CT molecular complexity index is 1500. The molecule has 44 heavy (non-hydrogen) atoms. The van der Waals surface area contributed by atoms with E-state index in [-0.39, 0.29) is 18.0 Å². The maximum Gasteiger partial charge on any atom is 0.253 e. The molecule has 2 fully saturated rings. The van der Waals surface area contributed by atoms with Gasteiger partial charge in [0.2, 0.25) is 0 Å². The fraction of sp³-hybridized carbons (Fsp3) is 0.514. The fourth-order valence-electron chi connectivity index (χ4n) is 6.91. The number of piperazine rings is 1. The molecule has 1 aliphatic heterocycles. The number of hydrogen-bond donors (Lipinski definition) is 3. The van der Waals surface area contributed by atoms with Gasteiger partial charge in [0, 0.05) is 85.6 Å². The lowest BCUT2D eigenvalue weighted by atomic mass is 9.88. The highest BCUT2D eigenvalue weighted by Crippen LogP contribution is 2.36. The number of pyridine rings is 2. The van der Waals surface area contributed by atoms with Crippen LogP contribution in [0.4, 0.5) is 11.5 Å². The SMILES string of the molecule is CCN(c1cc(-c2ccc(N3CCNCC3)nc2)cc(C(=O)NCc2c(C)cc(C)[nH]c2=O)c1C)[C@H]1CC[C@H](N(C)C)CC1. The molecule has 2 aromatic heterocycles. The molecule has 0 bridgehead atoms. The van der Waals surface area contributed by atoms with Gasteiger partial charge in [0.05, 0.1) is 0 Å². The zero-order chi connectivity index (χ0) is 31.4. The molecule has 3 heterocycles. The number of aromatic nitrogens is 2. The van der Waals surface area contributed by atoms with Gasteiger partial charge in [-0.05, 0) is 114 Å². The first-order valence-electron chi connectivity index (χ1n) is 16.1. The summed E-state index contributed by atoms with van der Waals surface area (Å²) in [5.41, 5.74) is 6.75. The van der Waals surface area contributed by atoms with E-state index in [2.05, 4.69) is 76.5 Å². The third-order valence-electron chi connectivity index (χ3n) is 9.55. The number of amides is 1. The van der Waals surface area contributed by atoms with E-state index in [9.17, 15) is 9.59 Å². The Morgan fingerprint density at radius 3 is 2.32 bits per heavy atom. The van der Waals surface area contributed by atoms with E-state index < -0.39 is 0 Å². The summed E-state index contributed by atoms with van der Waals surface area (Å²) in [6, 6.07) is 11.4. The van der Waals surface area contributed by atoms with Gasteiger partial charge in [-0.2, -0.15) is 0 Å². The van der Waals surface area contributed by atoms with Crippen molar-refractivity contribution < 1.29 is 4.79 Å². The summed E-state index contributed by atoms with van der Waals surface area (Å²) < 4.78 is 0. The van der Waals surface area contributed by atoms with Gasteiger partial charge in [0.15, 0.2) is 0 Å². The maximum atomic E-state index is 13.9. The number of carbonyl (C=O) groups excluding carboxylic acids is 1. The standard InChI is InChI=1S/C35H49N7O2/c1-7-42(29-11-9-28(10-12-29)40(5)6)32-20-27(26-8-13-33(37-21-26)41-16-14-36-15-17-41)19-30(25(32)4)34(43)38-22-31-23(2)18-24(3)39-35(31)44/h8,13,18-21,28-29,36H,7,9-12,14-17,22H2,1-6H3,(H,38,43)(H,39,44)/t28-,29-. The van der Waals surface area contributed by atoms with Crippen LogP contribution in [0.25, 0.3) is 11.1 Å². The van der Waals surface area contributed by atoms with Crippen molar-refractivity contribution in [2.75, 3.05) is 56.6 Å². The number of rotatable bonds is 9. The summed E-state index contributed by atoms with van der Waals surface area (Å²) in [7, 11) is 4.35. The molecule has 0 spiro atoms. The van der Waals surface area contributed by atoms with Gasteiger partial charge in [0.25, 0.3) is 11.5 Å². The Hall–Kier alpha value is -3.69.